The van der Waals surface area contributed by atoms with Crippen LogP contribution in [0.2, 0.25) is 0 Å². The molecule has 0 saturated heterocycles. The molecule has 0 radical (unpaired) electrons. The summed E-state index contributed by atoms with van der Waals surface area (Å²) < 4.78 is 1.20. The fourth-order valence-corrected chi connectivity index (χ4v) is 4.13. The van der Waals surface area contributed by atoms with E-state index >= 15 is 0 Å². The van der Waals surface area contributed by atoms with E-state index in [1.54, 1.807) is 6.07 Å². The maximum Gasteiger partial charge on any atom is 0.354 e. The van der Waals surface area contributed by atoms with Gasteiger partial charge in [0, 0.05) is 6.42 Å². The van der Waals surface area contributed by atoms with Gasteiger partial charge in [-0.05, 0) is 46.9 Å². The predicted octanol–water partition coefficient (Wildman–Crippen LogP) is 4.18. The number of carboxylic acid groups (broad SMARTS) is 1. The number of aromatic carboxylic acids is 1. The van der Waals surface area contributed by atoms with Crippen molar-refractivity contribution < 1.29 is 9.90 Å². The van der Waals surface area contributed by atoms with Crippen LogP contribution in [0.15, 0.2) is 89.7 Å². The normalized spacial score (nSPS) is 11.1. The minimum Gasteiger partial charge on any atom is -0.477 e. The summed E-state index contributed by atoms with van der Waals surface area (Å²) >= 11 is 0. The topological polar surface area (TPSA) is 101 Å². The number of nitrogens with zero attached hydrogens (tertiary/aromatic N) is 3. The number of fused-ring (bicyclic) bond motifs is 1. The molecule has 0 atom stereocenters. The summed E-state index contributed by atoms with van der Waals surface area (Å²) in [6, 6.07) is 27.2. The average molecular weight is 450 g/mol. The van der Waals surface area contributed by atoms with E-state index in [-0.39, 0.29) is 11.4 Å². The number of carboxylic acids is 1. The first-order valence-corrected chi connectivity index (χ1v) is 11.0. The second-order valence-electron chi connectivity index (χ2n) is 8.11. The van der Waals surface area contributed by atoms with Gasteiger partial charge in [0.05, 0.1) is 11.4 Å². The first kappa shape index (κ1) is 21.3. The lowest BCUT2D eigenvalue weighted by molar-refractivity contribution is 0.0687. The smallest absolute Gasteiger partial charge is 0.354 e. The average Bonchev–Trinajstić information content (AvgIpc) is 3.29. The highest BCUT2D eigenvalue weighted by Gasteiger charge is 2.19. The van der Waals surface area contributed by atoms with Crippen LogP contribution in [0, 0.1) is 0 Å². The fourth-order valence-electron chi connectivity index (χ4n) is 4.13. The standard InChI is InChI=1S/C27H22N4O3/c32-26-24(17-22(28-29-26)15-20-11-6-10-19-9-4-5-12-23(19)20)31-25(27(33)34)16-21(30-31)14-13-18-7-2-1-3-8-18/h1-12,16-17H,13-15H2,(H,29,32)(H,33,34). The molecule has 0 aliphatic carbocycles. The first-order valence-electron chi connectivity index (χ1n) is 11.0. The van der Waals surface area contributed by atoms with Gasteiger partial charge in [0.25, 0.3) is 5.56 Å². The first-order chi connectivity index (χ1) is 16.6. The number of benzene rings is 3. The van der Waals surface area contributed by atoms with Gasteiger partial charge >= 0.3 is 5.97 Å². The Morgan fingerprint density at radius 2 is 1.65 bits per heavy atom. The summed E-state index contributed by atoms with van der Waals surface area (Å²) in [5, 5.41) is 23.1. The van der Waals surface area contributed by atoms with Gasteiger partial charge in [0.15, 0.2) is 5.69 Å². The molecule has 0 saturated carbocycles. The maximum absolute atomic E-state index is 12.6. The molecular formula is C27H22N4O3. The molecule has 0 spiro atoms. The zero-order chi connectivity index (χ0) is 23.5. The number of aryl methyl sites for hydroxylation is 2. The Labute approximate surface area is 195 Å². The van der Waals surface area contributed by atoms with Crippen molar-refractivity contribution in [2.24, 2.45) is 0 Å². The summed E-state index contributed by atoms with van der Waals surface area (Å²) in [7, 11) is 0. The van der Waals surface area contributed by atoms with E-state index in [0.717, 1.165) is 28.3 Å². The van der Waals surface area contributed by atoms with E-state index in [1.807, 2.05) is 72.8 Å². The van der Waals surface area contributed by atoms with Crippen molar-refractivity contribution in [3.63, 3.8) is 0 Å². The molecule has 2 heterocycles. The summed E-state index contributed by atoms with van der Waals surface area (Å²) in [4.78, 5) is 24.6. The Balaban J connectivity index is 1.48. The summed E-state index contributed by atoms with van der Waals surface area (Å²) in [5.41, 5.74) is 2.99. The summed E-state index contributed by atoms with van der Waals surface area (Å²) in [6.45, 7) is 0. The molecule has 7 heteroatoms. The molecule has 0 aliphatic heterocycles. The van der Waals surface area contributed by atoms with Crippen LogP contribution in [-0.2, 0) is 19.3 Å². The van der Waals surface area contributed by atoms with Crippen molar-refractivity contribution in [3.8, 4) is 5.69 Å². The van der Waals surface area contributed by atoms with Gasteiger partial charge in [-0.25, -0.2) is 14.6 Å². The molecule has 34 heavy (non-hydrogen) atoms. The highest BCUT2D eigenvalue weighted by atomic mass is 16.4. The molecule has 5 rings (SSSR count). The van der Waals surface area contributed by atoms with Crippen molar-refractivity contribution in [1.29, 1.82) is 0 Å². The van der Waals surface area contributed by atoms with Crippen LogP contribution < -0.4 is 5.56 Å². The van der Waals surface area contributed by atoms with Gasteiger partial charge in [-0.1, -0.05) is 72.8 Å². The maximum atomic E-state index is 12.6. The number of aromatic nitrogens is 4. The van der Waals surface area contributed by atoms with Gasteiger partial charge in [0.2, 0.25) is 0 Å². The monoisotopic (exact) mass is 450 g/mol. The molecule has 2 aromatic heterocycles. The molecule has 0 bridgehead atoms. The summed E-state index contributed by atoms with van der Waals surface area (Å²) in [6.07, 6.45) is 1.76. The van der Waals surface area contributed by atoms with Gasteiger partial charge in [0.1, 0.15) is 5.69 Å². The van der Waals surface area contributed by atoms with E-state index in [0.29, 0.717) is 24.2 Å². The number of H-pyrrole nitrogens is 1. The van der Waals surface area contributed by atoms with Crippen LogP contribution >= 0.6 is 0 Å². The van der Waals surface area contributed by atoms with Crippen LogP contribution in [0.3, 0.4) is 0 Å². The number of nitrogens with one attached hydrogen (secondary N) is 1. The third kappa shape index (κ3) is 4.36. The highest BCUT2D eigenvalue weighted by Crippen LogP contribution is 2.21. The van der Waals surface area contributed by atoms with Crippen molar-refractivity contribution in [3.05, 3.63) is 123 Å². The Morgan fingerprint density at radius 3 is 2.47 bits per heavy atom. The van der Waals surface area contributed by atoms with Crippen LogP contribution in [0.4, 0.5) is 0 Å². The fraction of sp³-hybridized carbons (Fsp3) is 0.111. The van der Waals surface area contributed by atoms with Crippen LogP contribution in [-0.4, -0.2) is 31.1 Å². The van der Waals surface area contributed by atoms with Crippen molar-refractivity contribution >= 4 is 16.7 Å². The number of hydrogen-bond donors (Lipinski definition) is 2. The zero-order valence-corrected chi connectivity index (χ0v) is 18.3. The van der Waals surface area contributed by atoms with Gasteiger partial charge in [-0.3, -0.25) is 4.79 Å². The molecule has 2 N–H and O–H groups in total. The molecule has 0 aliphatic rings. The summed E-state index contributed by atoms with van der Waals surface area (Å²) in [5.74, 6) is -1.15. The zero-order valence-electron chi connectivity index (χ0n) is 18.3. The molecule has 168 valence electrons. The minimum absolute atomic E-state index is 0.0594. The third-order valence-electron chi connectivity index (χ3n) is 5.81. The number of carbonyl (C=O) groups is 1. The lowest BCUT2D eigenvalue weighted by Gasteiger charge is -2.08. The third-order valence-corrected chi connectivity index (χ3v) is 5.81. The van der Waals surface area contributed by atoms with Crippen molar-refractivity contribution in [1.82, 2.24) is 20.0 Å². The number of hydrogen-bond acceptors (Lipinski definition) is 4. The molecule has 0 unspecified atom stereocenters. The lowest BCUT2D eigenvalue weighted by atomic mass is 10.0. The van der Waals surface area contributed by atoms with E-state index < -0.39 is 11.5 Å². The Morgan fingerprint density at radius 1 is 0.882 bits per heavy atom. The number of rotatable bonds is 7. The van der Waals surface area contributed by atoms with Gasteiger partial charge in [-0.15, -0.1) is 0 Å². The van der Waals surface area contributed by atoms with Crippen LogP contribution in [0.5, 0.6) is 0 Å². The van der Waals surface area contributed by atoms with E-state index in [9.17, 15) is 14.7 Å². The van der Waals surface area contributed by atoms with E-state index in [4.69, 9.17) is 0 Å². The lowest BCUT2D eigenvalue weighted by Crippen LogP contribution is -2.21. The predicted molar refractivity (Wildman–Crippen MR) is 130 cm³/mol. The Kier molecular flexibility index (Phi) is 5.74. The SMILES string of the molecule is O=C(O)c1cc(CCc2ccccc2)nn1-c1cc(Cc2cccc3ccccc23)n[nH]c1=O. The quantitative estimate of drug-likeness (QED) is 0.387. The Bertz CT molecular complexity index is 1530. The van der Waals surface area contributed by atoms with Crippen LogP contribution in [0.25, 0.3) is 16.5 Å². The second kappa shape index (κ2) is 9.15. The number of aromatic amines is 1. The molecular weight excluding hydrogens is 428 g/mol. The molecule has 5 aromatic rings. The highest BCUT2D eigenvalue weighted by molar-refractivity contribution is 5.87. The second-order valence-corrected chi connectivity index (χ2v) is 8.11. The molecule has 0 fully saturated rings. The largest absolute Gasteiger partial charge is 0.477 e. The van der Waals surface area contributed by atoms with Crippen LogP contribution in [0.1, 0.15) is 33.0 Å². The minimum atomic E-state index is -1.15. The van der Waals surface area contributed by atoms with E-state index in [1.165, 1.54) is 10.7 Å². The van der Waals surface area contributed by atoms with Crippen molar-refractivity contribution in [2.45, 2.75) is 19.3 Å². The molecule has 0 amide bonds. The van der Waals surface area contributed by atoms with Gasteiger partial charge in [-0.2, -0.15) is 10.2 Å². The van der Waals surface area contributed by atoms with E-state index in [2.05, 4.69) is 15.3 Å². The van der Waals surface area contributed by atoms with Crippen molar-refractivity contribution in [2.75, 3.05) is 0 Å². The molecule has 7 nitrogen and oxygen atoms in total. The molecule has 3 aromatic carbocycles. The van der Waals surface area contributed by atoms with Gasteiger partial charge < -0.3 is 5.11 Å². The Hall–Kier alpha value is -4.52.